The van der Waals surface area contributed by atoms with E-state index in [-0.39, 0.29) is 0 Å². The maximum atomic E-state index is 4.42. The highest BCUT2D eigenvalue weighted by molar-refractivity contribution is 9.10. The number of unbranched alkanes of at least 4 members (excludes halogenated alkanes) is 1. The molecule has 0 spiro atoms. The molecule has 0 aliphatic rings. The van der Waals surface area contributed by atoms with Crippen molar-refractivity contribution < 1.29 is 0 Å². The zero-order chi connectivity index (χ0) is 16.1. The van der Waals surface area contributed by atoms with Gasteiger partial charge < -0.3 is 0 Å². The SMILES string of the molecule is CCCCc1cnc(-c2cnc(-c3ccc(Br)cc3)nc2)nc1. The van der Waals surface area contributed by atoms with E-state index in [2.05, 4.69) is 42.8 Å². The van der Waals surface area contributed by atoms with Gasteiger partial charge in [0.05, 0.1) is 5.56 Å². The minimum Gasteiger partial charge on any atom is -0.236 e. The Bertz CT molecular complexity index is 753. The summed E-state index contributed by atoms with van der Waals surface area (Å²) >= 11 is 3.42. The van der Waals surface area contributed by atoms with Crippen molar-refractivity contribution in [1.82, 2.24) is 19.9 Å². The number of hydrogen-bond donors (Lipinski definition) is 0. The standard InChI is InChI=1S/C18H17BrN4/c1-2-3-4-13-9-20-18(21-10-13)15-11-22-17(23-12-15)14-5-7-16(19)8-6-14/h5-12H,2-4H2,1H3. The molecule has 3 rings (SSSR count). The van der Waals surface area contributed by atoms with E-state index in [1.807, 2.05) is 36.7 Å². The van der Waals surface area contributed by atoms with Crippen LogP contribution >= 0.6 is 15.9 Å². The predicted molar refractivity (Wildman–Crippen MR) is 94.8 cm³/mol. The van der Waals surface area contributed by atoms with Crippen LogP contribution in [0.1, 0.15) is 25.3 Å². The van der Waals surface area contributed by atoms with Gasteiger partial charge in [-0.05, 0) is 30.5 Å². The Morgan fingerprint density at radius 1 is 0.783 bits per heavy atom. The van der Waals surface area contributed by atoms with E-state index in [0.29, 0.717) is 11.6 Å². The van der Waals surface area contributed by atoms with Crippen LogP contribution in [0.2, 0.25) is 0 Å². The molecular formula is C18H17BrN4. The molecule has 23 heavy (non-hydrogen) atoms. The average molecular weight is 369 g/mol. The van der Waals surface area contributed by atoms with Gasteiger partial charge in [-0.2, -0.15) is 0 Å². The largest absolute Gasteiger partial charge is 0.236 e. The van der Waals surface area contributed by atoms with E-state index in [0.717, 1.165) is 28.4 Å². The summed E-state index contributed by atoms with van der Waals surface area (Å²) in [5.74, 6) is 1.36. The number of halogens is 1. The van der Waals surface area contributed by atoms with Gasteiger partial charge in [0.15, 0.2) is 11.6 Å². The van der Waals surface area contributed by atoms with E-state index in [1.165, 1.54) is 12.0 Å². The zero-order valence-electron chi connectivity index (χ0n) is 12.9. The fourth-order valence-corrected chi connectivity index (χ4v) is 2.47. The van der Waals surface area contributed by atoms with Gasteiger partial charge in [0, 0.05) is 34.8 Å². The van der Waals surface area contributed by atoms with Crippen molar-refractivity contribution in [2.75, 3.05) is 0 Å². The summed E-state index contributed by atoms with van der Waals surface area (Å²) in [4.78, 5) is 17.7. The van der Waals surface area contributed by atoms with Gasteiger partial charge in [0.25, 0.3) is 0 Å². The fraction of sp³-hybridized carbons (Fsp3) is 0.222. The Hall–Kier alpha value is -2.14. The van der Waals surface area contributed by atoms with Gasteiger partial charge in [0.1, 0.15) is 0 Å². The normalized spacial score (nSPS) is 10.7. The number of aryl methyl sites for hydroxylation is 1. The Labute approximate surface area is 144 Å². The molecule has 116 valence electrons. The molecule has 4 nitrogen and oxygen atoms in total. The smallest absolute Gasteiger partial charge is 0.162 e. The average Bonchev–Trinajstić information content (AvgIpc) is 2.61. The summed E-state index contributed by atoms with van der Waals surface area (Å²) in [5.41, 5.74) is 2.98. The quantitative estimate of drug-likeness (QED) is 0.654. The van der Waals surface area contributed by atoms with Crippen LogP contribution in [-0.2, 0) is 6.42 Å². The molecule has 0 radical (unpaired) electrons. The lowest BCUT2D eigenvalue weighted by molar-refractivity contribution is 0.788. The second-order valence-electron chi connectivity index (χ2n) is 5.32. The van der Waals surface area contributed by atoms with Crippen LogP contribution in [0.3, 0.4) is 0 Å². The summed E-state index contributed by atoms with van der Waals surface area (Å²) in [6, 6.07) is 7.92. The summed E-state index contributed by atoms with van der Waals surface area (Å²) in [6.07, 6.45) is 10.7. The first-order valence-electron chi connectivity index (χ1n) is 7.65. The highest BCUT2D eigenvalue weighted by Crippen LogP contribution is 2.20. The molecule has 0 atom stereocenters. The van der Waals surface area contributed by atoms with Crippen molar-refractivity contribution in [3.63, 3.8) is 0 Å². The number of benzene rings is 1. The van der Waals surface area contributed by atoms with Gasteiger partial charge in [-0.15, -0.1) is 0 Å². The van der Waals surface area contributed by atoms with Crippen LogP contribution in [0.5, 0.6) is 0 Å². The topological polar surface area (TPSA) is 51.6 Å². The lowest BCUT2D eigenvalue weighted by atomic mass is 10.1. The fourth-order valence-electron chi connectivity index (χ4n) is 2.21. The molecular weight excluding hydrogens is 352 g/mol. The molecule has 2 aromatic heterocycles. The summed E-state index contributed by atoms with van der Waals surface area (Å²) in [5, 5.41) is 0. The van der Waals surface area contributed by atoms with Gasteiger partial charge in [-0.3, -0.25) is 0 Å². The zero-order valence-corrected chi connectivity index (χ0v) is 14.5. The van der Waals surface area contributed by atoms with Crippen LogP contribution in [0, 0.1) is 0 Å². The molecule has 5 heteroatoms. The molecule has 0 saturated carbocycles. The van der Waals surface area contributed by atoms with Crippen LogP contribution in [0.25, 0.3) is 22.8 Å². The molecule has 0 aliphatic carbocycles. The van der Waals surface area contributed by atoms with E-state index >= 15 is 0 Å². The maximum Gasteiger partial charge on any atom is 0.162 e. The third kappa shape index (κ3) is 3.99. The van der Waals surface area contributed by atoms with Gasteiger partial charge in [0.2, 0.25) is 0 Å². The van der Waals surface area contributed by atoms with Crippen LogP contribution < -0.4 is 0 Å². The van der Waals surface area contributed by atoms with Gasteiger partial charge in [-0.1, -0.05) is 41.4 Å². The molecule has 2 heterocycles. The van der Waals surface area contributed by atoms with Gasteiger partial charge in [-0.25, -0.2) is 19.9 Å². The Balaban J connectivity index is 1.77. The highest BCUT2D eigenvalue weighted by atomic mass is 79.9. The predicted octanol–water partition coefficient (Wildman–Crippen LogP) is 4.71. The number of aromatic nitrogens is 4. The van der Waals surface area contributed by atoms with E-state index < -0.39 is 0 Å². The van der Waals surface area contributed by atoms with Crippen molar-refractivity contribution in [2.24, 2.45) is 0 Å². The van der Waals surface area contributed by atoms with Crippen LogP contribution in [0.4, 0.5) is 0 Å². The molecule has 1 aromatic carbocycles. The summed E-state index contributed by atoms with van der Waals surface area (Å²) in [7, 11) is 0. The maximum absolute atomic E-state index is 4.42. The lowest BCUT2D eigenvalue weighted by Crippen LogP contribution is -1.95. The summed E-state index contributed by atoms with van der Waals surface area (Å²) < 4.78 is 1.04. The minimum absolute atomic E-state index is 0.660. The second-order valence-corrected chi connectivity index (χ2v) is 6.24. The van der Waals surface area contributed by atoms with E-state index in [1.54, 1.807) is 12.4 Å². The van der Waals surface area contributed by atoms with Gasteiger partial charge >= 0.3 is 0 Å². The van der Waals surface area contributed by atoms with E-state index in [9.17, 15) is 0 Å². The number of rotatable bonds is 5. The molecule has 0 saturated heterocycles. The molecule has 0 N–H and O–H groups in total. The Kier molecular flexibility index (Phi) is 5.08. The molecule has 0 fully saturated rings. The van der Waals surface area contributed by atoms with Crippen molar-refractivity contribution in [3.8, 4) is 22.8 Å². The minimum atomic E-state index is 0.660. The molecule has 0 amide bonds. The lowest BCUT2D eigenvalue weighted by Gasteiger charge is -2.04. The monoisotopic (exact) mass is 368 g/mol. The first-order chi connectivity index (χ1) is 11.3. The van der Waals surface area contributed by atoms with Crippen LogP contribution in [0.15, 0.2) is 53.5 Å². The molecule has 0 bridgehead atoms. The van der Waals surface area contributed by atoms with Crippen LogP contribution in [-0.4, -0.2) is 19.9 Å². The van der Waals surface area contributed by atoms with E-state index in [4.69, 9.17) is 0 Å². The highest BCUT2D eigenvalue weighted by Gasteiger charge is 2.05. The first kappa shape index (κ1) is 15.7. The van der Waals surface area contributed by atoms with Crippen molar-refractivity contribution >= 4 is 15.9 Å². The third-order valence-corrected chi connectivity index (χ3v) is 4.07. The second kappa shape index (κ2) is 7.42. The molecule has 0 aliphatic heterocycles. The molecule has 3 aromatic rings. The van der Waals surface area contributed by atoms with Crippen molar-refractivity contribution in [3.05, 3.63) is 59.1 Å². The Morgan fingerprint density at radius 2 is 1.35 bits per heavy atom. The Morgan fingerprint density at radius 3 is 1.96 bits per heavy atom. The molecule has 0 unspecified atom stereocenters. The van der Waals surface area contributed by atoms with Crippen molar-refractivity contribution in [1.29, 1.82) is 0 Å². The number of nitrogens with zero attached hydrogens (tertiary/aromatic N) is 4. The first-order valence-corrected chi connectivity index (χ1v) is 8.45. The van der Waals surface area contributed by atoms with Crippen molar-refractivity contribution in [2.45, 2.75) is 26.2 Å². The number of hydrogen-bond acceptors (Lipinski definition) is 4. The third-order valence-electron chi connectivity index (χ3n) is 3.54. The summed E-state index contributed by atoms with van der Waals surface area (Å²) in [6.45, 7) is 2.18.